The number of rotatable bonds is 3. The van der Waals surface area contributed by atoms with Gasteiger partial charge in [0.25, 0.3) is 11.9 Å². The maximum Gasteiger partial charge on any atom is 0.296 e. The summed E-state index contributed by atoms with van der Waals surface area (Å²) in [5.74, 6) is 0.513. The molecule has 0 saturated heterocycles. The Kier molecular flexibility index (Phi) is 2.86. The molecule has 1 aliphatic heterocycles. The highest BCUT2D eigenvalue weighted by atomic mass is 16.5. The molecule has 0 fully saturated rings. The van der Waals surface area contributed by atoms with E-state index in [0.717, 1.165) is 0 Å². The van der Waals surface area contributed by atoms with Crippen molar-refractivity contribution in [1.29, 1.82) is 0 Å². The third kappa shape index (κ3) is 1.89. The van der Waals surface area contributed by atoms with Crippen LogP contribution in [-0.4, -0.2) is 26.1 Å². The van der Waals surface area contributed by atoms with E-state index in [4.69, 9.17) is 19.9 Å². The largest absolute Gasteiger partial charge is 0.493 e. The molecule has 0 aliphatic carbocycles. The minimum Gasteiger partial charge on any atom is -0.493 e. The minimum atomic E-state index is -0.861. The predicted molar refractivity (Wildman–Crippen MR) is 60.0 cm³/mol. The monoisotopic (exact) mass is 236 g/mol. The molecular weight excluding hydrogens is 224 g/mol. The number of carbonyl (C=O) groups excluding carboxylic acids is 1. The molecule has 0 radical (unpaired) electrons. The molecule has 0 saturated carbocycles. The summed E-state index contributed by atoms with van der Waals surface area (Å²) in [6.45, 7) is 0. The fourth-order valence-corrected chi connectivity index (χ4v) is 1.68. The first-order valence-corrected chi connectivity index (χ1v) is 4.93. The number of ether oxygens (including phenoxy) is 3. The number of aliphatic imine (C=N–C) groups is 1. The first-order chi connectivity index (χ1) is 8.17. The van der Waals surface area contributed by atoms with Crippen molar-refractivity contribution in [3.63, 3.8) is 0 Å². The zero-order valence-corrected chi connectivity index (χ0v) is 9.47. The lowest BCUT2D eigenvalue weighted by molar-refractivity contribution is -0.122. The molecule has 1 aliphatic rings. The van der Waals surface area contributed by atoms with Gasteiger partial charge in [-0.15, -0.1) is 0 Å². The maximum atomic E-state index is 11.6. The lowest BCUT2D eigenvalue weighted by Crippen LogP contribution is -2.14. The fraction of sp³-hybridized carbons (Fsp3) is 0.273. The van der Waals surface area contributed by atoms with Crippen LogP contribution in [0.4, 0.5) is 0 Å². The Morgan fingerprint density at radius 2 is 2.12 bits per heavy atom. The lowest BCUT2D eigenvalue weighted by atomic mass is 10.1. The molecule has 2 N–H and O–H groups in total. The van der Waals surface area contributed by atoms with E-state index < -0.39 is 12.0 Å². The number of amides is 1. The van der Waals surface area contributed by atoms with Crippen molar-refractivity contribution >= 4 is 11.9 Å². The number of para-hydroxylation sites is 1. The van der Waals surface area contributed by atoms with Crippen LogP contribution in [0.1, 0.15) is 11.7 Å². The van der Waals surface area contributed by atoms with Crippen LogP contribution in [0.5, 0.6) is 11.5 Å². The smallest absolute Gasteiger partial charge is 0.296 e. The first-order valence-electron chi connectivity index (χ1n) is 4.93. The molecule has 90 valence electrons. The van der Waals surface area contributed by atoms with Crippen LogP contribution in [-0.2, 0) is 9.53 Å². The van der Waals surface area contributed by atoms with Gasteiger partial charge in [0.1, 0.15) is 0 Å². The molecule has 1 unspecified atom stereocenters. The number of hydrogen-bond acceptors (Lipinski definition) is 5. The topological polar surface area (TPSA) is 83.1 Å². The summed E-state index contributed by atoms with van der Waals surface area (Å²) < 4.78 is 15.5. The highest BCUT2D eigenvalue weighted by Crippen LogP contribution is 2.37. The van der Waals surface area contributed by atoms with Crippen molar-refractivity contribution < 1.29 is 19.0 Å². The number of methoxy groups -OCH3 is 2. The predicted octanol–water partition coefficient (Wildman–Crippen LogP) is 0.616. The van der Waals surface area contributed by atoms with E-state index in [9.17, 15) is 4.79 Å². The third-order valence-corrected chi connectivity index (χ3v) is 2.40. The number of hydrogen-bond donors (Lipinski definition) is 1. The van der Waals surface area contributed by atoms with Gasteiger partial charge in [-0.05, 0) is 6.07 Å². The molecule has 1 aromatic rings. The van der Waals surface area contributed by atoms with Gasteiger partial charge in [-0.25, -0.2) is 0 Å². The molecule has 1 amide bonds. The van der Waals surface area contributed by atoms with Gasteiger partial charge in [0.05, 0.1) is 14.2 Å². The van der Waals surface area contributed by atoms with E-state index in [1.165, 1.54) is 14.2 Å². The van der Waals surface area contributed by atoms with Crippen molar-refractivity contribution in [2.24, 2.45) is 10.7 Å². The molecule has 6 heteroatoms. The normalized spacial score (nSPS) is 18.6. The lowest BCUT2D eigenvalue weighted by Gasteiger charge is -2.15. The maximum absolute atomic E-state index is 11.6. The number of nitrogens with zero attached hydrogens (tertiary/aromatic N) is 1. The van der Waals surface area contributed by atoms with Crippen LogP contribution in [0.3, 0.4) is 0 Å². The van der Waals surface area contributed by atoms with Gasteiger partial charge in [-0.1, -0.05) is 12.1 Å². The van der Waals surface area contributed by atoms with Crippen LogP contribution < -0.4 is 15.2 Å². The Morgan fingerprint density at radius 1 is 1.35 bits per heavy atom. The van der Waals surface area contributed by atoms with Gasteiger partial charge in [0.15, 0.2) is 11.5 Å². The van der Waals surface area contributed by atoms with E-state index in [0.29, 0.717) is 17.1 Å². The number of benzene rings is 1. The third-order valence-electron chi connectivity index (χ3n) is 2.40. The van der Waals surface area contributed by atoms with E-state index in [1.54, 1.807) is 18.2 Å². The summed E-state index contributed by atoms with van der Waals surface area (Å²) in [5, 5.41) is 0. The molecule has 2 rings (SSSR count). The van der Waals surface area contributed by atoms with Crippen LogP contribution in [0.25, 0.3) is 0 Å². The first kappa shape index (κ1) is 11.3. The fourth-order valence-electron chi connectivity index (χ4n) is 1.68. The van der Waals surface area contributed by atoms with Crippen molar-refractivity contribution in [3.05, 3.63) is 23.8 Å². The molecule has 1 aromatic carbocycles. The number of amidine groups is 1. The zero-order chi connectivity index (χ0) is 12.4. The van der Waals surface area contributed by atoms with Crippen molar-refractivity contribution in [1.82, 2.24) is 0 Å². The van der Waals surface area contributed by atoms with E-state index in [1.807, 2.05) is 0 Å². The van der Waals surface area contributed by atoms with E-state index in [-0.39, 0.29) is 6.02 Å². The Labute approximate surface area is 98.0 Å². The summed E-state index contributed by atoms with van der Waals surface area (Å²) in [5.41, 5.74) is 5.89. The molecule has 0 bridgehead atoms. The average molecular weight is 236 g/mol. The molecule has 6 nitrogen and oxygen atoms in total. The number of carbonyl (C=O) groups is 1. The van der Waals surface area contributed by atoms with E-state index in [2.05, 4.69) is 4.99 Å². The van der Waals surface area contributed by atoms with Gasteiger partial charge < -0.3 is 19.9 Å². The van der Waals surface area contributed by atoms with Crippen LogP contribution in [0, 0.1) is 0 Å². The Bertz CT molecular complexity index is 484. The SMILES string of the molecule is COc1cccc(C2OC(N)=NC2=O)c1OC. The van der Waals surface area contributed by atoms with Crippen LogP contribution in [0.2, 0.25) is 0 Å². The standard InChI is InChI=1S/C11H12N2O4/c1-15-7-5-3-4-6(8(7)16-2)9-10(14)13-11(12)17-9/h3-5,9H,1-2H3,(H2,12,13,14). The molecule has 17 heavy (non-hydrogen) atoms. The van der Waals surface area contributed by atoms with Gasteiger partial charge in [0.2, 0.25) is 6.10 Å². The summed E-state index contributed by atoms with van der Waals surface area (Å²) in [6, 6.07) is 5.04. The second-order valence-corrected chi connectivity index (χ2v) is 3.37. The highest BCUT2D eigenvalue weighted by molar-refractivity contribution is 5.98. The second-order valence-electron chi connectivity index (χ2n) is 3.37. The average Bonchev–Trinajstić information content (AvgIpc) is 2.67. The molecule has 0 spiro atoms. The van der Waals surface area contributed by atoms with Crippen LogP contribution in [0.15, 0.2) is 23.2 Å². The second kappa shape index (κ2) is 4.32. The molecule has 0 aromatic heterocycles. The van der Waals surface area contributed by atoms with Crippen LogP contribution >= 0.6 is 0 Å². The van der Waals surface area contributed by atoms with Gasteiger partial charge in [-0.2, -0.15) is 4.99 Å². The van der Waals surface area contributed by atoms with Crippen molar-refractivity contribution in [3.8, 4) is 11.5 Å². The molecular formula is C11H12N2O4. The summed E-state index contributed by atoms with van der Waals surface area (Å²) in [6.07, 6.45) is -0.861. The summed E-state index contributed by atoms with van der Waals surface area (Å²) in [7, 11) is 3.01. The Hall–Kier alpha value is -2.24. The minimum absolute atomic E-state index is 0.134. The van der Waals surface area contributed by atoms with Crippen molar-refractivity contribution in [2.75, 3.05) is 14.2 Å². The van der Waals surface area contributed by atoms with Crippen molar-refractivity contribution in [2.45, 2.75) is 6.10 Å². The highest BCUT2D eigenvalue weighted by Gasteiger charge is 2.32. The summed E-state index contributed by atoms with van der Waals surface area (Å²) >= 11 is 0. The Balaban J connectivity index is 2.43. The van der Waals surface area contributed by atoms with Gasteiger partial charge in [0, 0.05) is 5.56 Å². The zero-order valence-electron chi connectivity index (χ0n) is 9.47. The summed E-state index contributed by atoms with van der Waals surface area (Å²) in [4.78, 5) is 15.1. The molecule has 1 atom stereocenters. The Morgan fingerprint density at radius 3 is 2.65 bits per heavy atom. The van der Waals surface area contributed by atoms with Gasteiger partial charge in [-0.3, -0.25) is 4.79 Å². The quantitative estimate of drug-likeness (QED) is 0.831. The number of nitrogens with two attached hydrogens (primary N) is 1. The van der Waals surface area contributed by atoms with Gasteiger partial charge >= 0.3 is 0 Å². The van der Waals surface area contributed by atoms with E-state index >= 15 is 0 Å². The molecule has 1 heterocycles.